The molecule has 2 heteroatoms. The molecular weight excluding hydrogens is 244 g/mol. The predicted molar refractivity (Wildman–Crippen MR) is 86.1 cm³/mol. The number of anilines is 1. The number of likely N-dealkylation sites (tertiary alicyclic amines) is 1. The Balaban J connectivity index is 1.60. The van der Waals surface area contributed by atoms with Gasteiger partial charge in [-0.05, 0) is 67.8 Å². The van der Waals surface area contributed by atoms with Crippen LogP contribution in [-0.4, -0.2) is 24.5 Å². The van der Waals surface area contributed by atoms with E-state index in [1.807, 2.05) is 0 Å². The number of hydrogen-bond acceptors (Lipinski definition) is 2. The summed E-state index contributed by atoms with van der Waals surface area (Å²) in [7, 11) is 0. The van der Waals surface area contributed by atoms with Gasteiger partial charge in [-0.15, -0.1) is 0 Å². The molecule has 1 saturated heterocycles. The van der Waals surface area contributed by atoms with Crippen molar-refractivity contribution in [3.63, 3.8) is 0 Å². The summed E-state index contributed by atoms with van der Waals surface area (Å²) in [5.74, 6) is 1.78. The van der Waals surface area contributed by atoms with E-state index in [-0.39, 0.29) is 0 Å². The van der Waals surface area contributed by atoms with Crippen LogP contribution in [0, 0.1) is 11.8 Å². The molecule has 2 aliphatic rings. The van der Waals surface area contributed by atoms with Crippen molar-refractivity contribution in [3.8, 4) is 0 Å². The van der Waals surface area contributed by atoms with Gasteiger partial charge in [0.25, 0.3) is 0 Å². The first-order valence-corrected chi connectivity index (χ1v) is 8.30. The molecule has 1 fully saturated rings. The van der Waals surface area contributed by atoms with Crippen molar-refractivity contribution in [2.75, 3.05) is 25.0 Å². The van der Waals surface area contributed by atoms with Crippen LogP contribution in [0.1, 0.15) is 44.2 Å². The quantitative estimate of drug-likeness (QED) is 0.897. The van der Waals surface area contributed by atoms with Crippen LogP contribution in [0.4, 0.5) is 5.69 Å². The van der Waals surface area contributed by atoms with Gasteiger partial charge in [0.05, 0.1) is 0 Å². The maximum atomic E-state index is 3.45. The average molecular weight is 272 g/mol. The van der Waals surface area contributed by atoms with Gasteiger partial charge in [-0.2, -0.15) is 0 Å². The summed E-state index contributed by atoms with van der Waals surface area (Å²) in [5, 5.41) is 3.45. The fourth-order valence-corrected chi connectivity index (χ4v) is 3.72. The lowest BCUT2D eigenvalue weighted by molar-refractivity contribution is 0.265. The summed E-state index contributed by atoms with van der Waals surface area (Å²) in [5.41, 5.74) is 4.36. The van der Waals surface area contributed by atoms with Crippen LogP contribution >= 0.6 is 0 Å². The lowest BCUT2D eigenvalue weighted by Gasteiger charge is -2.21. The highest BCUT2D eigenvalue weighted by molar-refractivity contribution is 5.56. The smallest absolute Gasteiger partial charge is 0.0373 e. The summed E-state index contributed by atoms with van der Waals surface area (Å²) < 4.78 is 0. The average Bonchev–Trinajstić information content (AvgIpc) is 2.76. The largest absolute Gasteiger partial charge is 0.384 e. The Kier molecular flexibility index (Phi) is 4.30. The molecule has 2 aliphatic heterocycles. The predicted octanol–water partition coefficient (Wildman–Crippen LogP) is 3.91. The second-order valence-corrected chi connectivity index (χ2v) is 6.88. The first-order valence-electron chi connectivity index (χ1n) is 8.30. The van der Waals surface area contributed by atoms with Crippen LogP contribution in [0.25, 0.3) is 0 Å². The molecule has 2 heterocycles. The van der Waals surface area contributed by atoms with Gasteiger partial charge in [0.1, 0.15) is 0 Å². The molecule has 3 rings (SSSR count). The molecule has 1 atom stereocenters. The Bertz CT molecular complexity index is 453. The van der Waals surface area contributed by atoms with Crippen LogP contribution in [0.2, 0.25) is 0 Å². The van der Waals surface area contributed by atoms with E-state index in [0.717, 1.165) is 24.9 Å². The molecule has 20 heavy (non-hydrogen) atoms. The number of nitrogens with one attached hydrogen (secondary N) is 1. The zero-order valence-electron chi connectivity index (χ0n) is 13.0. The Labute approximate surface area is 123 Å². The molecule has 0 radical (unpaired) electrons. The van der Waals surface area contributed by atoms with Crippen LogP contribution in [0.5, 0.6) is 0 Å². The molecular formula is C18H28N2. The lowest BCUT2D eigenvalue weighted by atomic mass is 9.89. The van der Waals surface area contributed by atoms with Crippen LogP contribution < -0.4 is 5.32 Å². The van der Waals surface area contributed by atoms with Crippen molar-refractivity contribution in [3.05, 3.63) is 29.3 Å². The summed E-state index contributed by atoms with van der Waals surface area (Å²) in [4.78, 5) is 2.66. The summed E-state index contributed by atoms with van der Waals surface area (Å²) in [6.07, 6.45) is 5.36. The highest BCUT2D eigenvalue weighted by atomic mass is 15.1. The molecule has 0 amide bonds. The van der Waals surface area contributed by atoms with Gasteiger partial charge in [0, 0.05) is 18.8 Å². The highest BCUT2D eigenvalue weighted by Crippen LogP contribution is 2.27. The molecule has 1 aromatic carbocycles. The van der Waals surface area contributed by atoms with Gasteiger partial charge in [0.15, 0.2) is 0 Å². The molecule has 110 valence electrons. The molecule has 0 bridgehead atoms. The van der Waals surface area contributed by atoms with Gasteiger partial charge in [-0.1, -0.05) is 26.0 Å². The van der Waals surface area contributed by atoms with E-state index in [1.165, 1.54) is 55.6 Å². The van der Waals surface area contributed by atoms with E-state index >= 15 is 0 Å². The van der Waals surface area contributed by atoms with Gasteiger partial charge in [-0.25, -0.2) is 0 Å². The minimum Gasteiger partial charge on any atom is -0.384 e. The fourth-order valence-electron chi connectivity index (χ4n) is 3.72. The normalized spacial score (nSPS) is 23.4. The summed E-state index contributed by atoms with van der Waals surface area (Å²) in [6, 6.07) is 6.99. The zero-order valence-corrected chi connectivity index (χ0v) is 13.0. The second kappa shape index (κ2) is 6.17. The summed E-state index contributed by atoms with van der Waals surface area (Å²) in [6.45, 7) is 9.56. The Morgan fingerprint density at radius 3 is 3.00 bits per heavy atom. The standard InChI is InChI=1S/C18H28N2/c1-14(2)16-4-3-10-20(11-8-16)13-15-5-6-18-17(12-15)7-9-19-18/h5-6,12,14,16,19H,3-4,7-11,13H2,1-2H3. The molecule has 0 spiro atoms. The topological polar surface area (TPSA) is 15.3 Å². The van der Waals surface area contributed by atoms with Crippen molar-refractivity contribution in [1.29, 1.82) is 0 Å². The Morgan fingerprint density at radius 2 is 2.15 bits per heavy atom. The Hall–Kier alpha value is -1.02. The number of benzene rings is 1. The van der Waals surface area contributed by atoms with E-state index in [0.29, 0.717) is 0 Å². The van der Waals surface area contributed by atoms with Crippen LogP contribution in [0.3, 0.4) is 0 Å². The number of fused-ring (bicyclic) bond motifs is 1. The van der Waals surface area contributed by atoms with E-state index < -0.39 is 0 Å². The third kappa shape index (κ3) is 3.17. The van der Waals surface area contributed by atoms with Crippen molar-refractivity contribution in [1.82, 2.24) is 4.90 Å². The SMILES string of the molecule is CC(C)C1CCCN(Cc2ccc3c(c2)CCN3)CC1. The van der Waals surface area contributed by atoms with Gasteiger partial charge in [0.2, 0.25) is 0 Å². The molecule has 1 N–H and O–H groups in total. The number of nitrogens with zero attached hydrogens (tertiary/aromatic N) is 1. The van der Waals surface area contributed by atoms with Crippen molar-refractivity contribution < 1.29 is 0 Å². The Morgan fingerprint density at radius 1 is 1.25 bits per heavy atom. The second-order valence-electron chi connectivity index (χ2n) is 6.88. The van der Waals surface area contributed by atoms with Crippen molar-refractivity contribution in [2.45, 2.75) is 46.1 Å². The molecule has 1 unspecified atom stereocenters. The van der Waals surface area contributed by atoms with Gasteiger partial charge in [-0.3, -0.25) is 4.90 Å². The number of rotatable bonds is 3. The van der Waals surface area contributed by atoms with E-state index in [2.05, 4.69) is 42.3 Å². The monoisotopic (exact) mass is 272 g/mol. The molecule has 2 nitrogen and oxygen atoms in total. The van der Waals surface area contributed by atoms with E-state index in [4.69, 9.17) is 0 Å². The first kappa shape index (κ1) is 13.9. The van der Waals surface area contributed by atoms with Crippen LogP contribution in [0.15, 0.2) is 18.2 Å². The van der Waals surface area contributed by atoms with Gasteiger partial charge < -0.3 is 5.32 Å². The van der Waals surface area contributed by atoms with Gasteiger partial charge >= 0.3 is 0 Å². The fraction of sp³-hybridized carbons (Fsp3) is 0.667. The highest BCUT2D eigenvalue weighted by Gasteiger charge is 2.19. The minimum atomic E-state index is 0.848. The lowest BCUT2D eigenvalue weighted by Crippen LogP contribution is -2.24. The molecule has 0 aliphatic carbocycles. The minimum absolute atomic E-state index is 0.848. The van der Waals surface area contributed by atoms with E-state index in [1.54, 1.807) is 0 Å². The maximum absolute atomic E-state index is 3.45. The van der Waals surface area contributed by atoms with Crippen molar-refractivity contribution >= 4 is 5.69 Å². The third-order valence-electron chi connectivity index (χ3n) is 5.09. The van der Waals surface area contributed by atoms with Crippen molar-refractivity contribution in [2.24, 2.45) is 11.8 Å². The molecule has 0 saturated carbocycles. The van der Waals surface area contributed by atoms with E-state index in [9.17, 15) is 0 Å². The molecule has 1 aromatic rings. The summed E-state index contributed by atoms with van der Waals surface area (Å²) >= 11 is 0. The van der Waals surface area contributed by atoms with Crippen LogP contribution in [-0.2, 0) is 13.0 Å². The number of hydrogen-bond donors (Lipinski definition) is 1. The zero-order chi connectivity index (χ0) is 13.9. The molecule has 0 aromatic heterocycles. The third-order valence-corrected chi connectivity index (χ3v) is 5.09. The first-order chi connectivity index (χ1) is 9.72. The maximum Gasteiger partial charge on any atom is 0.0373 e.